The molecule has 1 aliphatic carbocycles. The minimum atomic E-state index is 0.334. The van der Waals surface area contributed by atoms with Crippen molar-refractivity contribution in [2.45, 2.75) is 32.9 Å². The van der Waals surface area contributed by atoms with E-state index in [0.717, 1.165) is 13.0 Å². The van der Waals surface area contributed by atoms with Gasteiger partial charge in [-0.05, 0) is 17.8 Å². The largest absolute Gasteiger partial charge is 0.327 e. The second kappa shape index (κ2) is 2.80. The number of aryl methyl sites for hydroxylation is 1. The molecule has 2 rings (SSSR count). The fraction of sp³-hybridized carbons (Fsp3) is 0.778. The van der Waals surface area contributed by atoms with Crippen molar-refractivity contribution in [3.05, 3.63) is 12.7 Å². The molecule has 13 heavy (non-hydrogen) atoms. The Hall–Kier alpha value is -0.900. The van der Waals surface area contributed by atoms with Gasteiger partial charge in [0.2, 0.25) is 0 Å². The molecule has 2 N–H and O–H groups in total. The molecule has 4 nitrogen and oxygen atoms in total. The number of nitrogens with two attached hydrogens (primary N) is 1. The molecule has 4 heteroatoms. The highest BCUT2D eigenvalue weighted by atomic mass is 15.3. The van der Waals surface area contributed by atoms with Crippen molar-refractivity contribution in [2.24, 2.45) is 17.1 Å². The van der Waals surface area contributed by atoms with E-state index in [0.29, 0.717) is 17.4 Å². The quantitative estimate of drug-likeness (QED) is 0.743. The third-order valence-corrected chi connectivity index (χ3v) is 3.27. The summed E-state index contributed by atoms with van der Waals surface area (Å²) in [5.41, 5.74) is 6.27. The van der Waals surface area contributed by atoms with Crippen LogP contribution >= 0.6 is 0 Å². The molecule has 0 spiro atoms. The highest BCUT2D eigenvalue weighted by molar-refractivity contribution is 5.08. The van der Waals surface area contributed by atoms with Gasteiger partial charge in [0.1, 0.15) is 12.7 Å². The van der Waals surface area contributed by atoms with Gasteiger partial charge in [-0.2, -0.15) is 5.10 Å². The Morgan fingerprint density at radius 3 is 2.69 bits per heavy atom. The van der Waals surface area contributed by atoms with E-state index in [1.165, 1.54) is 0 Å². The Balaban J connectivity index is 1.83. The van der Waals surface area contributed by atoms with Crippen LogP contribution < -0.4 is 5.73 Å². The predicted octanol–water partition coefficient (Wildman–Crippen LogP) is 0.651. The Morgan fingerprint density at radius 1 is 1.54 bits per heavy atom. The van der Waals surface area contributed by atoms with Gasteiger partial charge in [-0.15, -0.1) is 0 Å². The molecule has 0 aliphatic heterocycles. The molecule has 2 atom stereocenters. The first-order chi connectivity index (χ1) is 6.12. The molecule has 0 saturated heterocycles. The zero-order valence-corrected chi connectivity index (χ0v) is 8.14. The normalized spacial score (nSPS) is 30.4. The van der Waals surface area contributed by atoms with Crippen LogP contribution in [0.3, 0.4) is 0 Å². The molecular formula is C9H16N4. The molecule has 0 unspecified atom stereocenters. The number of hydrogen-bond acceptors (Lipinski definition) is 3. The maximum Gasteiger partial charge on any atom is 0.137 e. The van der Waals surface area contributed by atoms with Crippen LogP contribution in [0.25, 0.3) is 0 Å². The first-order valence-electron chi connectivity index (χ1n) is 4.70. The van der Waals surface area contributed by atoms with Crippen molar-refractivity contribution in [1.82, 2.24) is 14.8 Å². The van der Waals surface area contributed by atoms with E-state index in [2.05, 4.69) is 23.9 Å². The van der Waals surface area contributed by atoms with Gasteiger partial charge in [0.05, 0.1) is 0 Å². The summed E-state index contributed by atoms with van der Waals surface area (Å²) in [7, 11) is 0. The van der Waals surface area contributed by atoms with Gasteiger partial charge < -0.3 is 5.73 Å². The smallest absolute Gasteiger partial charge is 0.137 e. The first kappa shape index (κ1) is 8.69. The zero-order chi connectivity index (χ0) is 9.47. The molecule has 0 amide bonds. The van der Waals surface area contributed by atoms with Gasteiger partial charge in [-0.25, -0.2) is 4.98 Å². The lowest BCUT2D eigenvalue weighted by Crippen LogP contribution is -2.07. The molecule has 1 heterocycles. The van der Waals surface area contributed by atoms with Crippen LogP contribution in [0.5, 0.6) is 0 Å². The molecule has 1 aliphatic rings. The second-order valence-corrected chi connectivity index (χ2v) is 4.40. The summed E-state index contributed by atoms with van der Waals surface area (Å²) >= 11 is 0. The molecular weight excluding hydrogens is 164 g/mol. The standard InChI is InChI=1S/C9H16N4/c1-9(2)7(8(9)10)3-4-13-6-11-5-12-13/h5-8H,3-4,10H2,1-2H3/t7-,8-/m1/s1. The fourth-order valence-electron chi connectivity index (χ4n) is 1.96. The van der Waals surface area contributed by atoms with Crippen molar-refractivity contribution in [1.29, 1.82) is 0 Å². The third-order valence-electron chi connectivity index (χ3n) is 3.27. The molecule has 0 aromatic carbocycles. The summed E-state index contributed by atoms with van der Waals surface area (Å²) in [6.07, 6.45) is 4.43. The number of aromatic nitrogens is 3. The van der Waals surface area contributed by atoms with E-state index in [1.54, 1.807) is 12.7 Å². The molecule has 0 bridgehead atoms. The van der Waals surface area contributed by atoms with Crippen LogP contribution in [-0.4, -0.2) is 20.8 Å². The third kappa shape index (κ3) is 1.46. The average molecular weight is 180 g/mol. The zero-order valence-electron chi connectivity index (χ0n) is 8.14. The highest BCUT2D eigenvalue weighted by Crippen LogP contribution is 2.52. The highest BCUT2D eigenvalue weighted by Gasteiger charge is 2.54. The van der Waals surface area contributed by atoms with E-state index >= 15 is 0 Å². The Labute approximate surface area is 78.1 Å². The van der Waals surface area contributed by atoms with E-state index in [9.17, 15) is 0 Å². The molecule has 1 aromatic rings. The monoisotopic (exact) mass is 180 g/mol. The summed E-state index contributed by atoms with van der Waals surface area (Å²) in [6, 6.07) is 0.371. The Bertz CT molecular complexity index is 278. The Kier molecular flexibility index (Phi) is 1.87. The number of rotatable bonds is 3. The fourth-order valence-corrected chi connectivity index (χ4v) is 1.96. The van der Waals surface area contributed by atoms with Crippen LogP contribution in [-0.2, 0) is 6.54 Å². The molecule has 0 radical (unpaired) electrons. The van der Waals surface area contributed by atoms with Crippen LogP contribution in [0.4, 0.5) is 0 Å². The maximum atomic E-state index is 5.94. The van der Waals surface area contributed by atoms with Crippen LogP contribution in [0, 0.1) is 11.3 Å². The minimum absolute atomic E-state index is 0.334. The number of nitrogens with zero attached hydrogens (tertiary/aromatic N) is 3. The lowest BCUT2D eigenvalue weighted by atomic mass is 10.1. The lowest BCUT2D eigenvalue weighted by molar-refractivity contribution is 0.476. The van der Waals surface area contributed by atoms with Crippen molar-refractivity contribution >= 4 is 0 Å². The molecule has 1 fully saturated rings. The van der Waals surface area contributed by atoms with Crippen LogP contribution in [0.2, 0.25) is 0 Å². The van der Waals surface area contributed by atoms with Crippen LogP contribution in [0.15, 0.2) is 12.7 Å². The second-order valence-electron chi connectivity index (χ2n) is 4.40. The summed E-state index contributed by atoms with van der Waals surface area (Å²) in [5.74, 6) is 0.650. The van der Waals surface area contributed by atoms with Crippen molar-refractivity contribution in [2.75, 3.05) is 0 Å². The van der Waals surface area contributed by atoms with Gasteiger partial charge in [0.15, 0.2) is 0 Å². The summed E-state index contributed by atoms with van der Waals surface area (Å²) in [4.78, 5) is 3.90. The van der Waals surface area contributed by atoms with Crippen molar-refractivity contribution in [3.63, 3.8) is 0 Å². The van der Waals surface area contributed by atoms with E-state index < -0.39 is 0 Å². The van der Waals surface area contributed by atoms with Crippen LogP contribution in [0.1, 0.15) is 20.3 Å². The average Bonchev–Trinajstić information content (AvgIpc) is 2.57. The van der Waals surface area contributed by atoms with E-state index in [4.69, 9.17) is 5.73 Å². The molecule has 1 aromatic heterocycles. The topological polar surface area (TPSA) is 56.7 Å². The summed E-state index contributed by atoms with van der Waals surface area (Å²) in [5, 5.41) is 4.05. The SMILES string of the molecule is CC1(C)[C@H](N)[C@H]1CCn1cncn1. The summed E-state index contributed by atoms with van der Waals surface area (Å²) < 4.78 is 1.86. The van der Waals surface area contributed by atoms with Gasteiger partial charge in [0.25, 0.3) is 0 Å². The van der Waals surface area contributed by atoms with Gasteiger partial charge >= 0.3 is 0 Å². The molecule has 1 saturated carbocycles. The van der Waals surface area contributed by atoms with Gasteiger partial charge in [-0.3, -0.25) is 4.68 Å². The van der Waals surface area contributed by atoms with Gasteiger partial charge in [-0.1, -0.05) is 13.8 Å². The lowest BCUT2D eigenvalue weighted by Gasteiger charge is -2.01. The predicted molar refractivity (Wildman–Crippen MR) is 49.9 cm³/mol. The van der Waals surface area contributed by atoms with Crippen molar-refractivity contribution < 1.29 is 0 Å². The number of hydrogen-bond donors (Lipinski definition) is 1. The van der Waals surface area contributed by atoms with E-state index in [-0.39, 0.29) is 0 Å². The maximum absolute atomic E-state index is 5.94. The summed E-state index contributed by atoms with van der Waals surface area (Å²) in [6.45, 7) is 5.38. The molecule has 72 valence electrons. The van der Waals surface area contributed by atoms with E-state index in [1.807, 2.05) is 4.68 Å². The first-order valence-corrected chi connectivity index (χ1v) is 4.70. The van der Waals surface area contributed by atoms with Gasteiger partial charge in [0, 0.05) is 12.6 Å². The Morgan fingerprint density at radius 2 is 2.23 bits per heavy atom. The minimum Gasteiger partial charge on any atom is -0.327 e. The van der Waals surface area contributed by atoms with Crippen molar-refractivity contribution in [3.8, 4) is 0 Å².